The van der Waals surface area contributed by atoms with Crippen molar-refractivity contribution in [1.29, 1.82) is 0 Å². The SMILES string of the molecule is Cc1ccc(-c2nc3c(c(=O)n2CC(=O)NCCc2ccccc2)CCN(Cc2ccccc2)C3)cc1. The van der Waals surface area contributed by atoms with Gasteiger partial charge < -0.3 is 5.32 Å². The van der Waals surface area contributed by atoms with Crippen molar-refractivity contribution in [2.24, 2.45) is 0 Å². The molecule has 0 spiro atoms. The minimum Gasteiger partial charge on any atom is -0.354 e. The molecule has 37 heavy (non-hydrogen) atoms. The summed E-state index contributed by atoms with van der Waals surface area (Å²) in [5, 5.41) is 2.97. The van der Waals surface area contributed by atoms with Crippen LogP contribution in [0.25, 0.3) is 11.4 Å². The molecule has 0 bridgehead atoms. The van der Waals surface area contributed by atoms with E-state index in [9.17, 15) is 9.59 Å². The third kappa shape index (κ3) is 6.04. The molecule has 6 nitrogen and oxygen atoms in total. The molecule has 0 unspecified atom stereocenters. The summed E-state index contributed by atoms with van der Waals surface area (Å²) in [5.74, 6) is 0.359. The number of rotatable bonds is 8. The monoisotopic (exact) mass is 492 g/mol. The van der Waals surface area contributed by atoms with Crippen LogP contribution < -0.4 is 10.9 Å². The molecule has 1 aliphatic rings. The van der Waals surface area contributed by atoms with Gasteiger partial charge in [-0.1, -0.05) is 90.5 Å². The number of carbonyl (C=O) groups excluding carboxylic acids is 1. The maximum absolute atomic E-state index is 13.7. The first-order valence-corrected chi connectivity index (χ1v) is 12.8. The first-order chi connectivity index (χ1) is 18.1. The van der Waals surface area contributed by atoms with Crippen LogP contribution in [0.1, 0.15) is 27.9 Å². The maximum Gasteiger partial charge on any atom is 0.257 e. The molecule has 0 fully saturated rings. The van der Waals surface area contributed by atoms with E-state index in [4.69, 9.17) is 4.98 Å². The standard InChI is InChI=1S/C31H32N4O2/c1-23-12-14-26(15-13-23)30-33-28-21-34(20-25-10-6-3-7-11-25)19-17-27(28)31(37)35(30)22-29(36)32-18-16-24-8-4-2-5-9-24/h2-15H,16-22H2,1H3,(H,32,36). The average Bonchev–Trinajstić information content (AvgIpc) is 2.92. The summed E-state index contributed by atoms with van der Waals surface area (Å²) < 4.78 is 1.55. The van der Waals surface area contributed by atoms with Crippen molar-refractivity contribution in [3.8, 4) is 11.4 Å². The maximum atomic E-state index is 13.7. The molecular weight excluding hydrogens is 460 g/mol. The second-order valence-electron chi connectivity index (χ2n) is 9.65. The van der Waals surface area contributed by atoms with Gasteiger partial charge in [-0.3, -0.25) is 19.1 Å². The summed E-state index contributed by atoms with van der Waals surface area (Å²) >= 11 is 0. The molecule has 0 radical (unpaired) electrons. The van der Waals surface area contributed by atoms with Crippen LogP contribution in [0.2, 0.25) is 0 Å². The molecule has 0 saturated heterocycles. The highest BCUT2D eigenvalue weighted by Gasteiger charge is 2.25. The highest BCUT2D eigenvalue weighted by molar-refractivity contribution is 5.76. The Morgan fingerprint density at radius 1 is 0.919 bits per heavy atom. The first kappa shape index (κ1) is 24.7. The fraction of sp³-hybridized carbons (Fsp3) is 0.258. The molecule has 0 saturated carbocycles. The Kier molecular flexibility index (Phi) is 7.57. The van der Waals surface area contributed by atoms with Crippen molar-refractivity contribution in [1.82, 2.24) is 19.8 Å². The zero-order valence-electron chi connectivity index (χ0n) is 21.2. The number of benzene rings is 3. The van der Waals surface area contributed by atoms with Gasteiger partial charge in [-0.05, 0) is 30.9 Å². The van der Waals surface area contributed by atoms with E-state index in [0.29, 0.717) is 25.3 Å². The minimum absolute atomic E-state index is 0.0508. The summed E-state index contributed by atoms with van der Waals surface area (Å²) in [6, 6.07) is 28.3. The van der Waals surface area contributed by atoms with E-state index < -0.39 is 0 Å². The van der Waals surface area contributed by atoms with Gasteiger partial charge in [0.25, 0.3) is 5.56 Å². The van der Waals surface area contributed by atoms with Gasteiger partial charge in [0, 0.05) is 37.3 Å². The molecule has 0 aliphatic carbocycles. The molecule has 2 heterocycles. The highest BCUT2D eigenvalue weighted by atomic mass is 16.2. The molecule has 5 rings (SSSR count). The van der Waals surface area contributed by atoms with Crippen molar-refractivity contribution in [3.05, 3.63) is 123 Å². The molecule has 1 aliphatic heterocycles. The van der Waals surface area contributed by atoms with Crippen LogP contribution >= 0.6 is 0 Å². The first-order valence-electron chi connectivity index (χ1n) is 12.8. The molecule has 1 amide bonds. The Balaban J connectivity index is 1.39. The summed E-state index contributed by atoms with van der Waals surface area (Å²) in [6.07, 6.45) is 1.36. The van der Waals surface area contributed by atoms with Crippen LogP contribution in [0.4, 0.5) is 0 Å². The van der Waals surface area contributed by atoms with Crippen LogP contribution in [0.5, 0.6) is 0 Å². The van der Waals surface area contributed by atoms with Crippen molar-refractivity contribution in [3.63, 3.8) is 0 Å². The van der Waals surface area contributed by atoms with Crippen molar-refractivity contribution in [2.75, 3.05) is 13.1 Å². The quantitative estimate of drug-likeness (QED) is 0.402. The predicted molar refractivity (Wildman–Crippen MR) is 146 cm³/mol. The second kappa shape index (κ2) is 11.4. The van der Waals surface area contributed by atoms with E-state index in [1.807, 2.05) is 79.7 Å². The van der Waals surface area contributed by atoms with Crippen LogP contribution in [0.15, 0.2) is 89.7 Å². The molecule has 4 aromatic rings. The largest absolute Gasteiger partial charge is 0.354 e. The molecular formula is C31H32N4O2. The van der Waals surface area contributed by atoms with Gasteiger partial charge >= 0.3 is 0 Å². The Bertz CT molecular complexity index is 1410. The van der Waals surface area contributed by atoms with Gasteiger partial charge in [0.05, 0.1) is 5.69 Å². The van der Waals surface area contributed by atoms with E-state index in [-0.39, 0.29) is 18.0 Å². The molecule has 1 aromatic heterocycles. The Morgan fingerprint density at radius 3 is 2.30 bits per heavy atom. The van der Waals surface area contributed by atoms with E-state index >= 15 is 0 Å². The second-order valence-corrected chi connectivity index (χ2v) is 9.65. The number of hydrogen-bond acceptors (Lipinski definition) is 4. The lowest BCUT2D eigenvalue weighted by atomic mass is 10.0. The molecule has 3 aromatic carbocycles. The van der Waals surface area contributed by atoms with Gasteiger partial charge in [0.1, 0.15) is 12.4 Å². The lowest BCUT2D eigenvalue weighted by Gasteiger charge is -2.29. The molecule has 6 heteroatoms. The van der Waals surface area contributed by atoms with Crippen LogP contribution in [0.3, 0.4) is 0 Å². The van der Waals surface area contributed by atoms with Gasteiger partial charge in [-0.25, -0.2) is 4.98 Å². The summed E-state index contributed by atoms with van der Waals surface area (Å²) in [5.41, 5.74) is 5.78. The lowest BCUT2D eigenvalue weighted by Crippen LogP contribution is -2.40. The topological polar surface area (TPSA) is 67.2 Å². The lowest BCUT2D eigenvalue weighted by molar-refractivity contribution is -0.121. The molecule has 1 N–H and O–H groups in total. The Morgan fingerprint density at radius 2 is 1.59 bits per heavy atom. The number of fused-ring (bicyclic) bond motifs is 1. The number of amides is 1. The minimum atomic E-state index is -0.186. The summed E-state index contributed by atoms with van der Waals surface area (Å²) in [7, 11) is 0. The van der Waals surface area contributed by atoms with E-state index in [1.54, 1.807) is 4.57 Å². The number of nitrogens with one attached hydrogen (secondary N) is 1. The van der Waals surface area contributed by atoms with Crippen LogP contribution in [-0.4, -0.2) is 33.4 Å². The highest BCUT2D eigenvalue weighted by Crippen LogP contribution is 2.22. The number of carbonyl (C=O) groups is 1. The fourth-order valence-corrected chi connectivity index (χ4v) is 4.82. The average molecular weight is 493 g/mol. The van der Waals surface area contributed by atoms with Crippen molar-refractivity contribution in [2.45, 2.75) is 39.4 Å². The molecule has 0 atom stereocenters. The zero-order chi connectivity index (χ0) is 25.6. The summed E-state index contributed by atoms with van der Waals surface area (Å²) in [6.45, 7) is 4.71. The summed E-state index contributed by atoms with van der Waals surface area (Å²) in [4.78, 5) is 33.9. The fourth-order valence-electron chi connectivity index (χ4n) is 4.82. The number of nitrogens with zero attached hydrogens (tertiary/aromatic N) is 3. The van der Waals surface area contributed by atoms with Crippen molar-refractivity contribution >= 4 is 5.91 Å². The van der Waals surface area contributed by atoms with E-state index in [0.717, 1.165) is 47.5 Å². The van der Waals surface area contributed by atoms with Crippen LogP contribution in [0, 0.1) is 6.92 Å². The van der Waals surface area contributed by atoms with Gasteiger partial charge in [-0.2, -0.15) is 0 Å². The van der Waals surface area contributed by atoms with E-state index in [2.05, 4.69) is 22.3 Å². The van der Waals surface area contributed by atoms with Gasteiger partial charge in [-0.15, -0.1) is 0 Å². The van der Waals surface area contributed by atoms with Gasteiger partial charge in [0.15, 0.2) is 0 Å². The Hall–Kier alpha value is -4.03. The van der Waals surface area contributed by atoms with Crippen LogP contribution in [-0.2, 0) is 37.3 Å². The number of hydrogen-bond donors (Lipinski definition) is 1. The number of aromatic nitrogens is 2. The smallest absolute Gasteiger partial charge is 0.257 e. The predicted octanol–water partition coefficient (Wildman–Crippen LogP) is 4.14. The molecule has 188 valence electrons. The number of aryl methyl sites for hydroxylation is 1. The van der Waals surface area contributed by atoms with Gasteiger partial charge in [0.2, 0.25) is 5.91 Å². The van der Waals surface area contributed by atoms with E-state index in [1.165, 1.54) is 5.56 Å². The van der Waals surface area contributed by atoms with Crippen molar-refractivity contribution < 1.29 is 4.79 Å². The third-order valence-corrected chi connectivity index (χ3v) is 6.84. The normalized spacial score (nSPS) is 13.2. The Labute approximate surface area is 217 Å². The third-order valence-electron chi connectivity index (χ3n) is 6.84. The zero-order valence-corrected chi connectivity index (χ0v) is 21.2.